The van der Waals surface area contributed by atoms with Gasteiger partial charge in [-0.2, -0.15) is 0 Å². The van der Waals surface area contributed by atoms with Gasteiger partial charge in [0.2, 0.25) is 0 Å². The van der Waals surface area contributed by atoms with Gasteiger partial charge in [0.05, 0.1) is 16.8 Å². The molecule has 0 aliphatic heterocycles. The van der Waals surface area contributed by atoms with Crippen LogP contribution >= 0.6 is 0 Å². The third kappa shape index (κ3) is 1.64. The van der Waals surface area contributed by atoms with Crippen molar-refractivity contribution in [3.8, 4) is 0 Å². The van der Waals surface area contributed by atoms with Crippen molar-refractivity contribution in [1.29, 1.82) is 0 Å². The first-order valence-corrected chi connectivity index (χ1v) is 6.28. The van der Waals surface area contributed by atoms with Crippen molar-refractivity contribution < 1.29 is 9.59 Å². The number of rotatable bonds is 1. The van der Waals surface area contributed by atoms with E-state index in [1.165, 1.54) is 6.07 Å². The largest absolute Gasteiger partial charge is 0.399 e. The Morgan fingerprint density at radius 1 is 0.952 bits per heavy atom. The van der Waals surface area contributed by atoms with Gasteiger partial charge in [-0.15, -0.1) is 0 Å². The summed E-state index contributed by atoms with van der Waals surface area (Å²) in [7, 11) is 0. The molecule has 5 nitrogen and oxygen atoms in total. The first kappa shape index (κ1) is 12.9. The van der Waals surface area contributed by atoms with Gasteiger partial charge in [-0.25, -0.2) is 0 Å². The highest BCUT2D eigenvalue weighted by Gasteiger charge is 2.33. The van der Waals surface area contributed by atoms with E-state index in [4.69, 9.17) is 17.2 Å². The summed E-state index contributed by atoms with van der Waals surface area (Å²) >= 11 is 0. The van der Waals surface area contributed by atoms with Crippen LogP contribution in [0.5, 0.6) is 0 Å². The van der Waals surface area contributed by atoms with Gasteiger partial charge in [0.15, 0.2) is 11.6 Å². The maximum absolute atomic E-state index is 12.6. The number of carbonyl (C=O) groups is 2. The maximum Gasteiger partial charge on any atom is 0.196 e. The van der Waals surface area contributed by atoms with E-state index in [0.717, 1.165) is 0 Å². The number of hydrogen-bond acceptors (Lipinski definition) is 5. The van der Waals surface area contributed by atoms with Crippen LogP contribution in [0.15, 0.2) is 36.9 Å². The first-order chi connectivity index (χ1) is 9.93. The van der Waals surface area contributed by atoms with E-state index in [1.807, 2.05) is 0 Å². The molecule has 0 saturated carbocycles. The van der Waals surface area contributed by atoms with Gasteiger partial charge in [0.25, 0.3) is 0 Å². The van der Waals surface area contributed by atoms with Gasteiger partial charge in [0.1, 0.15) is 0 Å². The smallest absolute Gasteiger partial charge is 0.196 e. The third-order valence-electron chi connectivity index (χ3n) is 3.61. The molecule has 0 fully saturated rings. The van der Waals surface area contributed by atoms with Crippen molar-refractivity contribution in [1.82, 2.24) is 0 Å². The van der Waals surface area contributed by atoms with Crippen molar-refractivity contribution in [3.05, 3.63) is 64.7 Å². The Morgan fingerprint density at radius 3 is 2.00 bits per heavy atom. The Hall–Kier alpha value is -3.08. The summed E-state index contributed by atoms with van der Waals surface area (Å²) < 4.78 is 0. The van der Waals surface area contributed by atoms with Crippen molar-refractivity contribution >= 4 is 28.6 Å². The number of fused-ring (bicyclic) bond motifs is 2. The van der Waals surface area contributed by atoms with Crippen LogP contribution in [0.2, 0.25) is 0 Å². The maximum atomic E-state index is 12.6. The van der Waals surface area contributed by atoms with Crippen LogP contribution in [0.25, 0.3) is 5.70 Å². The number of benzene rings is 2. The fourth-order valence-corrected chi connectivity index (χ4v) is 2.61. The molecule has 0 unspecified atom stereocenters. The minimum Gasteiger partial charge on any atom is -0.399 e. The SMILES string of the molecule is C=C(N)c1cc(N)c2c(c1N)C(=O)c1ccccc1C2=O. The highest BCUT2D eigenvalue weighted by molar-refractivity contribution is 6.32. The quantitative estimate of drug-likeness (QED) is 0.585. The molecule has 2 aromatic rings. The second kappa shape index (κ2) is 4.21. The standard InChI is InChI=1S/C16H13N3O2/c1-7(17)10-6-11(18)12-13(14(10)19)16(21)9-5-3-2-4-8(9)15(12)20/h2-6H,1,17-19H2. The number of hydrogen-bond donors (Lipinski definition) is 3. The zero-order chi connectivity index (χ0) is 15.3. The molecule has 5 heteroatoms. The number of carbonyl (C=O) groups excluding carboxylic acids is 2. The predicted octanol–water partition coefficient (Wildman–Crippen LogP) is 1.56. The van der Waals surface area contributed by atoms with Crippen LogP contribution < -0.4 is 17.2 Å². The monoisotopic (exact) mass is 279 g/mol. The predicted molar refractivity (Wildman–Crippen MR) is 81.8 cm³/mol. The molecule has 3 rings (SSSR count). The summed E-state index contributed by atoms with van der Waals surface area (Å²) in [5.74, 6) is -0.633. The van der Waals surface area contributed by atoms with Crippen LogP contribution in [-0.4, -0.2) is 11.6 Å². The molecular weight excluding hydrogens is 266 g/mol. The zero-order valence-electron chi connectivity index (χ0n) is 11.1. The van der Waals surface area contributed by atoms with Gasteiger partial charge in [-0.3, -0.25) is 9.59 Å². The molecule has 0 saturated heterocycles. The average Bonchev–Trinajstić information content (AvgIpc) is 2.46. The van der Waals surface area contributed by atoms with E-state index in [2.05, 4.69) is 6.58 Å². The van der Waals surface area contributed by atoms with Crippen LogP contribution in [0.1, 0.15) is 37.4 Å². The highest BCUT2D eigenvalue weighted by atomic mass is 16.1. The molecule has 1 aliphatic carbocycles. The summed E-state index contributed by atoms with van der Waals surface area (Å²) in [6, 6.07) is 8.07. The molecule has 0 radical (unpaired) electrons. The molecule has 0 spiro atoms. The summed E-state index contributed by atoms with van der Waals surface area (Å²) in [5.41, 5.74) is 19.4. The van der Waals surface area contributed by atoms with Crippen molar-refractivity contribution in [3.63, 3.8) is 0 Å². The van der Waals surface area contributed by atoms with Gasteiger partial charge < -0.3 is 17.2 Å². The van der Waals surface area contributed by atoms with Crippen molar-refractivity contribution in [2.75, 3.05) is 11.5 Å². The van der Waals surface area contributed by atoms with Gasteiger partial charge in [-0.1, -0.05) is 30.8 Å². The molecule has 6 N–H and O–H groups in total. The van der Waals surface area contributed by atoms with Crippen molar-refractivity contribution in [2.24, 2.45) is 5.73 Å². The van der Waals surface area contributed by atoms with Gasteiger partial charge >= 0.3 is 0 Å². The Kier molecular flexibility index (Phi) is 2.59. The van der Waals surface area contributed by atoms with E-state index in [0.29, 0.717) is 16.7 Å². The Labute approximate surface area is 121 Å². The van der Waals surface area contributed by atoms with Crippen LogP contribution in [0, 0.1) is 0 Å². The van der Waals surface area contributed by atoms with E-state index in [-0.39, 0.29) is 39.8 Å². The van der Waals surface area contributed by atoms with Crippen LogP contribution in [-0.2, 0) is 0 Å². The lowest BCUT2D eigenvalue weighted by Crippen LogP contribution is -2.24. The van der Waals surface area contributed by atoms with E-state index in [1.54, 1.807) is 24.3 Å². The highest BCUT2D eigenvalue weighted by Crippen LogP contribution is 2.37. The molecule has 104 valence electrons. The Balaban J connectivity index is 2.41. The van der Waals surface area contributed by atoms with Crippen LogP contribution in [0.3, 0.4) is 0 Å². The summed E-state index contributed by atoms with van der Waals surface area (Å²) in [6.07, 6.45) is 0. The normalized spacial score (nSPS) is 12.8. The molecule has 0 heterocycles. The minimum atomic E-state index is -0.326. The van der Waals surface area contributed by atoms with Crippen LogP contribution in [0.4, 0.5) is 11.4 Å². The second-order valence-electron chi connectivity index (χ2n) is 4.91. The molecule has 0 aromatic heterocycles. The summed E-state index contributed by atoms with van der Waals surface area (Å²) in [4.78, 5) is 25.2. The fraction of sp³-hybridized carbons (Fsp3) is 0. The molecular formula is C16H13N3O2. The fourth-order valence-electron chi connectivity index (χ4n) is 2.61. The average molecular weight is 279 g/mol. The molecule has 2 aromatic carbocycles. The van der Waals surface area contributed by atoms with E-state index < -0.39 is 0 Å². The Morgan fingerprint density at radius 2 is 1.48 bits per heavy atom. The third-order valence-corrected chi connectivity index (χ3v) is 3.61. The van der Waals surface area contributed by atoms with Gasteiger partial charge in [-0.05, 0) is 6.07 Å². The molecule has 0 bridgehead atoms. The number of nitrogen functional groups attached to an aromatic ring is 2. The Bertz CT molecular complexity index is 838. The first-order valence-electron chi connectivity index (χ1n) is 6.28. The molecule has 1 aliphatic rings. The second-order valence-corrected chi connectivity index (χ2v) is 4.91. The zero-order valence-corrected chi connectivity index (χ0v) is 11.1. The number of ketones is 2. The van der Waals surface area contributed by atoms with Gasteiger partial charge in [0, 0.05) is 28.1 Å². The van der Waals surface area contributed by atoms with Crippen molar-refractivity contribution in [2.45, 2.75) is 0 Å². The molecule has 0 amide bonds. The topological polar surface area (TPSA) is 112 Å². The number of anilines is 2. The number of nitrogens with two attached hydrogens (primary N) is 3. The van der Waals surface area contributed by atoms with E-state index in [9.17, 15) is 9.59 Å². The lowest BCUT2D eigenvalue weighted by Gasteiger charge is -2.22. The molecule has 21 heavy (non-hydrogen) atoms. The lowest BCUT2D eigenvalue weighted by atomic mass is 9.81. The van der Waals surface area contributed by atoms with E-state index >= 15 is 0 Å². The molecule has 0 atom stereocenters. The summed E-state index contributed by atoms with van der Waals surface area (Å²) in [6.45, 7) is 3.61. The minimum absolute atomic E-state index is 0.111. The summed E-state index contributed by atoms with van der Waals surface area (Å²) in [5, 5.41) is 0. The lowest BCUT2D eigenvalue weighted by molar-refractivity contribution is 0.0980.